The molecule has 1 unspecified atom stereocenters. The van der Waals surface area contributed by atoms with Crippen LogP contribution in [0.15, 0.2) is 57.7 Å². The largest absolute Gasteiger partial charge is 0.420 e. The van der Waals surface area contributed by atoms with Gasteiger partial charge in [0, 0.05) is 6.54 Å². The molecule has 4 nitrogen and oxygen atoms in total. The van der Waals surface area contributed by atoms with Crippen LogP contribution in [-0.4, -0.2) is 11.6 Å². The van der Waals surface area contributed by atoms with Gasteiger partial charge in [-0.15, -0.1) is 0 Å². The molecule has 0 aliphatic rings. The number of nitrogens with one attached hydrogen (secondary N) is 1. The molecule has 1 atom stereocenters. The maximum absolute atomic E-state index is 12.1. The van der Waals surface area contributed by atoms with Crippen LogP contribution in [0.25, 0.3) is 11.1 Å². The fourth-order valence-electron chi connectivity index (χ4n) is 2.69. The zero-order chi connectivity index (χ0) is 14.8. The van der Waals surface area contributed by atoms with Gasteiger partial charge in [-0.25, -0.2) is 4.79 Å². The van der Waals surface area contributed by atoms with Crippen LogP contribution in [0.4, 0.5) is 0 Å². The van der Waals surface area contributed by atoms with Crippen LogP contribution in [0.3, 0.4) is 0 Å². The van der Waals surface area contributed by atoms with Gasteiger partial charge in [0.25, 0.3) is 0 Å². The van der Waals surface area contributed by atoms with E-state index in [0.29, 0.717) is 12.1 Å². The summed E-state index contributed by atoms with van der Waals surface area (Å²) in [6, 6.07) is 15.8. The van der Waals surface area contributed by atoms with Crippen LogP contribution < -0.4 is 11.1 Å². The predicted molar refractivity (Wildman–Crippen MR) is 83.5 cm³/mol. The van der Waals surface area contributed by atoms with Crippen molar-refractivity contribution in [1.29, 1.82) is 0 Å². The lowest BCUT2D eigenvalue weighted by Gasteiger charge is -2.19. The molecule has 2 aromatic carbocycles. The van der Waals surface area contributed by atoms with Gasteiger partial charge in [-0.05, 0) is 37.2 Å². The molecule has 108 valence electrons. The molecule has 0 saturated heterocycles. The predicted octanol–water partition coefficient (Wildman–Crippen LogP) is 2.86. The second-order valence-corrected chi connectivity index (χ2v) is 5.14. The second kappa shape index (κ2) is 5.58. The minimum Gasteiger partial charge on any atom is -0.408 e. The van der Waals surface area contributed by atoms with E-state index in [1.54, 1.807) is 4.57 Å². The molecule has 21 heavy (non-hydrogen) atoms. The molecule has 0 spiro atoms. The highest BCUT2D eigenvalue weighted by molar-refractivity contribution is 5.72. The van der Waals surface area contributed by atoms with E-state index in [1.165, 1.54) is 11.1 Å². The lowest BCUT2D eigenvalue weighted by Crippen LogP contribution is -2.27. The van der Waals surface area contributed by atoms with E-state index in [1.807, 2.05) is 43.4 Å². The van der Waals surface area contributed by atoms with Gasteiger partial charge in [-0.2, -0.15) is 0 Å². The summed E-state index contributed by atoms with van der Waals surface area (Å²) in [5.74, 6) is -0.315. The molecule has 3 aromatic rings. The Morgan fingerprint density at radius 1 is 1.14 bits per heavy atom. The summed E-state index contributed by atoms with van der Waals surface area (Å²) in [4.78, 5) is 12.1. The van der Waals surface area contributed by atoms with Crippen LogP contribution in [0.1, 0.15) is 17.2 Å². The number of oxazole rings is 1. The van der Waals surface area contributed by atoms with E-state index >= 15 is 0 Å². The Morgan fingerprint density at radius 3 is 2.62 bits per heavy atom. The highest BCUT2D eigenvalue weighted by Crippen LogP contribution is 2.20. The number of aromatic nitrogens is 1. The van der Waals surface area contributed by atoms with Crippen molar-refractivity contribution < 1.29 is 4.42 Å². The summed E-state index contributed by atoms with van der Waals surface area (Å²) in [6.45, 7) is 2.62. The van der Waals surface area contributed by atoms with E-state index in [0.717, 1.165) is 5.52 Å². The quantitative estimate of drug-likeness (QED) is 0.800. The summed E-state index contributed by atoms with van der Waals surface area (Å²) in [5.41, 5.74) is 3.85. The Labute approximate surface area is 123 Å². The normalized spacial score (nSPS) is 12.7. The monoisotopic (exact) mass is 282 g/mol. The molecule has 0 saturated carbocycles. The highest BCUT2D eigenvalue weighted by Gasteiger charge is 2.16. The smallest absolute Gasteiger partial charge is 0.408 e. The van der Waals surface area contributed by atoms with Crippen LogP contribution in [0.2, 0.25) is 0 Å². The average molecular weight is 282 g/mol. The Morgan fingerprint density at radius 2 is 1.86 bits per heavy atom. The van der Waals surface area contributed by atoms with E-state index in [4.69, 9.17) is 4.42 Å². The molecular formula is C17H18N2O2. The summed E-state index contributed by atoms with van der Waals surface area (Å²) >= 11 is 0. The number of nitrogens with zero attached hydrogens (tertiary/aromatic N) is 1. The first-order chi connectivity index (χ1) is 10.2. The third kappa shape index (κ3) is 2.50. The Kier molecular flexibility index (Phi) is 3.62. The lowest BCUT2D eigenvalue weighted by molar-refractivity contribution is 0.450. The number of rotatable bonds is 4. The molecule has 4 heteroatoms. The van der Waals surface area contributed by atoms with Gasteiger partial charge < -0.3 is 9.73 Å². The summed E-state index contributed by atoms with van der Waals surface area (Å²) in [5, 5.41) is 3.29. The van der Waals surface area contributed by atoms with Gasteiger partial charge in [-0.1, -0.05) is 36.4 Å². The molecule has 0 radical (unpaired) electrons. The van der Waals surface area contributed by atoms with Gasteiger partial charge in [-0.3, -0.25) is 4.57 Å². The average Bonchev–Trinajstić information content (AvgIpc) is 2.81. The Balaban J connectivity index is 2.02. The van der Waals surface area contributed by atoms with Gasteiger partial charge >= 0.3 is 5.76 Å². The van der Waals surface area contributed by atoms with Crippen LogP contribution in [-0.2, 0) is 6.54 Å². The van der Waals surface area contributed by atoms with Crippen molar-refractivity contribution in [2.24, 2.45) is 0 Å². The van der Waals surface area contributed by atoms with E-state index in [2.05, 4.69) is 24.4 Å². The van der Waals surface area contributed by atoms with E-state index in [-0.39, 0.29) is 11.8 Å². The first-order valence-electron chi connectivity index (χ1n) is 7.02. The standard InChI is InChI=1S/C17H18N2O2/c1-12-7-3-4-8-13(12)14(18-2)11-19-15-9-5-6-10-16(15)21-17(19)20/h3-10,14,18H,11H2,1-2H3. The third-order valence-electron chi connectivity index (χ3n) is 3.85. The molecule has 1 N–H and O–H groups in total. The molecule has 0 amide bonds. The van der Waals surface area contributed by atoms with Gasteiger partial charge in [0.1, 0.15) is 0 Å². The molecule has 0 aliphatic heterocycles. The fraction of sp³-hybridized carbons (Fsp3) is 0.235. The maximum Gasteiger partial charge on any atom is 0.420 e. The molecule has 3 rings (SSSR count). The molecule has 0 aliphatic carbocycles. The number of aryl methyl sites for hydroxylation is 1. The third-order valence-corrected chi connectivity index (χ3v) is 3.85. The highest BCUT2D eigenvalue weighted by atomic mass is 16.4. The van der Waals surface area contributed by atoms with Crippen molar-refractivity contribution in [2.45, 2.75) is 19.5 Å². The van der Waals surface area contributed by atoms with Crippen molar-refractivity contribution in [2.75, 3.05) is 7.05 Å². The van der Waals surface area contributed by atoms with Crippen LogP contribution in [0.5, 0.6) is 0 Å². The van der Waals surface area contributed by atoms with Crippen LogP contribution >= 0.6 is 0 Å². The number of para-hydroxylation sites is 2. The number of likely N-dealkylation sites (N-methyl/N-ethyl adjacent to an activating group) is 1. The SMILES string of the molecule is CNC(Cn1c(=O)oc2ccccc21)c1ccccc1C. The van der Waals surface area contributed by atoms with Gasteiger partial charge in [0.15, 0.2) is 5.58 Å². The maximum atomic E-state index is 12.1. The number of hydrogen-bond acceptors (Lipinski definition) is 3. The minimum atomic E-state index is -0.315. The van der Waals surface area contributed by atoms with E-state index < -0.39 is 0 Å². The van der Waals surface area contributed by atoms with Crippen molar-refractivity contribution in [3.05, 3.63) is 70.2 Å². The minimum absolute atomic E-state index is 0.0601. The van der Waals surface area contributed by atoms with Gasteiger partial charge in [0.2, 0.25) is 0 Å². The Hall–Kier alpha value is -2.33. The summed E-state index contributed by atoms with van der Waals surface area (Å²) in [7, 11) is 1.91. The van der Waals surface area contributed by atoms with Gasteiger partial charge in [0.05, 0.1) is 11.6 Å². The van der Waals surface area contributed by atoms with Crippen molar-refractivity contribution >= 4 is 11.1 Å². The number of benzene rings is 2. The van der Waals surface area contributed by atoms with Crippen molar-refractivity contribution in [3.63, 3.8) is 0 Å². The lowest BCUT2D eigenvalue weighted by atomic mass is 10.0. The number of fused-ring (bicyclic) bond motifs is 1. The van der Waals surface area contributed by atoms with Crippen molar-refractivity contribution in [3.8, 4) is 0 Å². The Bertz CT molecular complexity index is 817. The van der Waals surface area contributed by atoms with Crippen LogP contribution in [0, 0.1) is 6.92 Å². The number of hydrogen-bond donors (Lipinski definition) is 1. The topological polar surface area (TPSA) is 47.2 Å². The summed E-state index contributed by atoms with van der Waals surface area (Å²) in [6.07, 6.45) is 0. The molecule has 1 heterocycles. The molecule has 0 fully saturated rings. The van der Waals surface area contributed by atoms with Crippen molar-refractivity contribution in [1.82, 2.24) is 9.88 Å². The summed E-state index contributed by atoms with van der Waals surface area (Å²) < 4.78 is 6.97. The fourth-order valence-corrected chi connectivity index (χ4v) is 2.69. The first kappa shape index (κ1) is 13.6. The molecule has 1 aromatic heterocycles. The molecular weight excluding hydrogens is 264 g/mol. The zero-order valence-electron chi connectivity index (χ0n) is 12.2. The van der Waals surface area contributed by atoms with E-state index in [9.17, 15) is 4.79 Å². The second-order valence-electron chi connectivity index (χ2n) is 5.14. The zero-order valence-corrected chi connectivity index (χ0v) is 12.2. The molecule has 0 bridgehead atoms. The first-order valence-corrected chi connectivity index (χ1v) is 7.02.